The Morgan fingerprint density at radius 3 is 2.38 bits per heavy atom. The fourth-order valence-corrected chi connectivity index (χ4v) is 3.55. The van der Waals surface area contributed by atoms with Gasteiger partial charge in [0.05, 0.1) is 6.61 Å². The maximum Gasteiger partial charge on any atom is 0.161 e. The van der Waals surface area contributed by atoms with Crippen LogP contribution in [0.2, 0.25) is 0 Å². The third-order valence-corrected chi connectivity index (χ3v) is 5.03. The lowest BCUT2D eigenvalue weighted by atomic mass is 9.58. The molecule has 0 amide bonds. The first-order valence-electron chi connectivity index (χ1n) is 8.27. The fraction of sp³-hybridized carbons (Fsp3) is 0.667. The molecule has 0 heterocycles. The first-order valence-corrected chi connectivity index (χ1v) is 8.27. The minimum absolute atomic E-state index is 0.243. The van der Waals surface area contributed by atoms with Gasteiger partial charge in [-0.3, -0.25) is 0 Å². The summed E-state index contributed by atoms with van der Waals surface area (Å²) >= 11 is 0. The van der Waals surface area contributed by atoms with Crippen molar-refractivity contribution in [2.45, 2.75) is 58.6 Å². The van der Waals surface area contributed by atoms with Gasteiger partial charge in [0.15, 0.2) is 11.5 Å². The summed E-state index contributed by atoms with van der Waals surface area (Å²) in [5.74, 6) is 1.75. The summed E-state index contributed by atoms with van der Waals surface area (Å²) < 4.78 is 12.1. The van der Waals surface area contributed by atoms with Gasteiger partial charge in [0.1, 0.15) is 6.10 Å². The van der Waals surface area contributed by atoms with Crippen LogP contribution in [0.1, 0.15) is 46.5 Å². The van der Waals surface area contributed by atoms with Gasteiger partial charge in [-0.1, -0.05) is 32.9 Å². The van der Waals surface area contributed by atoms with E-state index in [4.69, 9.17) is 9.47 Å². The highest BCUT2D eigenvalue weighted by Crippen LogP contribution is 2.49. The zero-order valence-corrected chi connectivity index (χ0v) is 13.8. The Bertz CT molecular complexity index is 443. The lowest BCUT2D eigenvalue weighted by Gasteiger charge is -2.55. The zero-order chi connectivity index (χ0) is 15.3. The molecule has 0 aromatic heterocycles. The van der Waals surface area contributed by atoms with Crippen molar-refractivity contribution in [1.82, 2.24) is 5.32 Å². The molecule has 2 rings (SSSR count). The molecular weight excluding hydrogens is 262 g/mol. The lowest BCUT2D eigenvalue weighted by molar-refractivity contribution is -0.0844. The molecule has 0 saturated heterocycles. The predicted octanol–water partition coefficient (Wildman–Crippen LogP) is 4.02. The van der Waals surface area contributed by atoms with Crippen LogP contribution in [0.3, 0.4) is 0 Å². The smallest absolute Gasteiger partial charge is 0.161 e. The summed E-state index contributed by atoms with van der Waals surface area (Å²) in [7, 11) is 2.05. The van der Waals surface area contributed by atoms with E-state index in [0.29, 0.717) is 6.04 Å². The highest BCUT2D eigenvalue weighted by Gasteiger charge is 2.53. The number of ether oxygens (including phenoxy) is 2. The predicted molar refractivity (Wildman–Crippen MR) is 87.1 cm³/mol. The molecule has 1 aliphatic rings. The lowest BCUT2D eigenvalue weighted by Crippen LogP contribution is -2.63. The number of nitrogens with one attached hydrogen (secondary N) is 1. The largest absolute Gasteiger partial charge is 0.490 e. The Morgan fingerprint density at radius 2 is 1.81 bits per heavy atom. The van der Waals surface area contributed by atoms with Gasteiger partial charge in [-0.25, -0.2) is 0 Å². The summed E-state index contributed by atoms with van der Waals surface area (Å²) in [4.78, 5) is 0. The number of para-hydroxylation sites is 2. The fourth-order valence-electron chi connectivity index (χ4n) is 3.55. The van der Waals surface area contributed by atoms with Crippen LogP contribution in [0, 0.1) is 5.41 Å². The van der Waals surface area contributed by atoms with Crippen LogP contribution in [-0.2, 0) is 0 Å². The average molecular weight is 291 g/mol. The van der Waals surface area contributed by atoms with E-state index in [0.717, 1.165) is 43.8 Å². The molecule has 21 heavy (non-hydrogen) atoms. The minimum Gasteiger partial charge on any atom is -0.490 e. The number of benzene rings is 1. The Hall–Kier alpha value is -1.22. The Labute approximate surface area is 129 Å². The maximum absolute atomic E-state index is 6.34. The van der Waals surface area contributed by atoms with Crippen LogP contribution in [0.5, 0.6) is 11.5 Å². The van der Waals surface area contributed by atoms with Crippen LogP contribution in [0.4, 0.5) is 0 Å². The van der Waals surface area contributed by atoms with Crippen molar-refractivity contribution in [1.29, 1.82) is 0 Å². The zero-order valence-electron chi connectivity index (χ0n) is 13.8. The molecule has 1 aromatic carbocycles. The van der Waals surface area contributed by atoms with Gasteiger partial charge in [0.25, 0.3) is 0 Å². The molecule has 1 aromatic rings. The molecule has 1 fully saturated rings. The molecule has 0 spiro atoms. The SMILES string of the molecule is CCCOc1ccccc1OC1CC(NC)C1(CC)CC. The van der Waals surface area contributed by atoms with E-state index in [1.807, 2.05) is 24.3 Å². The van der Waals surface area contributed by atoms with Crippen LogP contribution in [0.25, 0.3) is 0 Å². The van der Waals surface area contributed by atoms with E-state index < -0.39 is 0 Å². The van der Waals surface area contributed by atoms with Crippen molar-refractivity contribution in [3.63, 3.8) is 0 Å². The number of rotatable bonds is 8. The Morgan fingerprint density at radius 1 is 1.14 bits per heavy atom. The van der Waals surface area contributed by atoms with E-state index in [1.165, 1.54) is 0 Å². The minimum atomic E-state index is 0.243. The van der Waals surface area contributed by atoms with Crippen molar-refractivity contribution < 1.29 is 9.47 Å². The molecule has 3 nitrogen and oxygen atoms in total. The third kappa shape index (κ3) is 3.03. The summed E-state index contributed by atoms with van der Waals surface area (Å²) in [5.41, 5.74) is 0.243. The van der Waals surface area contributed by atoms with Crippen LogP contribution in [-0.4, -0.2) is 25.8 Å². The van der Waals surface area contributed by atoms with Crippen molar-refractivity contribution >= 4 is 0 Å². The first kappa shape index (κ1) is 16.2. The molecule has 2 unspecified atom stereocenters. The van der Waals surface area contributed by atoms with Gasteiger partial charge in [-0.05, 0) is 38.4 Å². The molecule has 0 bridgehead atoms. The second-order valence-electron chi connectivity index (χ2n) is 5.92. The van der Waals surface area contributed by atoms with Crippen LogP contribution in [0.15, 0.2) is 24.3 Å². The normalized spacial score (nSPS) is 23.4. The van der Waals surface area contributed by atoms with E-state index in [2.05, 4.69) is 33.1 Å². The second kappa shape index (κ2) is 7.17. The molecule has 1 N–H and O–H groups in total. The molecular formula is C18H29NO2. The van der Waals surface area contributed by atoms with Crippen LogP contribution < -0.4 is 14.8 Å². The molecule has 118 valence electrons. The molecule has 1 aliphatic carbocycles. The third-order valence-electron chi connectivity index (χ3n) is 5.03. The Balaban J connectivity index is 2.11. The highest BCUT2D eigenvalue weighted by atomic mass is 16.5. The monoisotopic (exact) mass is 291 g/mol. The van der Waals surface area contributed by atoms with Gasteiger partial charge in [0, 0.05) is 17.9 Å². The van der Waals surface area contributed by atoms with Gasteiger partial charge in [-0.2, -0.15) is 0 Å². The molecule has 0 radical (unpaired) electrons. The highest BCUT2D eigenvalue weighted by molar-refractivity contribution is 5.40. The molecule has 2 atom stereocenters. The quantitative estimate of drug-likeness (QED) is 0.784. The average Bonchev–Trinajstić information content (AvgIpc) is 2.51. The molecule has 3 heteroatoms. The van der Waals surface area contributed by atoms with Gasteiger partial charge < -0.3 is 14.8 Å². The summed E-state index contributed by atoms with van der Waals surface area (Å²) in [6.07, 6.45) is 4.62. The van der Waals surface area contributed by atoms with Crippen molar-refractivity contribution in [2.75, 3.05) is 13.7 Å². The van der Waals surface area contributed by atoms with E-state index in [9.17, 15) is 0 Å². The maximum atomic E-state index is 6.34. The topological polar surface area (TPSA) is 30.5 Å². The standard InChI is InChI=1S/C18H29NO2/c1-5-12-20-14-10-8-9-11-15(14)21-17-13-16(19-4)18(17,6-2)7-3/h8-11,16-17,19H,5-7,12-13H2,1-4H3. The van der Waals surface area contributed by atoms with Crippen molar-refractivity contribution in [2.24, 2.45) is 5.41 Å². The van der Waals surface area contributed by atoms with E-state index in [-0.39, 0.29) is 11.5 Å². The van der Waals surface area contributed by atoms with Gasteiger partial charge in [0.2, 0.25) is 0 Å². The summed E-state index contributed by atoms with van der Waals surface area (Å²) in [6.45, 7) is 7.38. The van der Waals surface area contributed by atoms with Crippen molar-refractivity contribution in [3.05, 3.63) is 24.3 Å². The number of hydrogen-bond acceptors (Lipinski definition) is 3. The summed E-state index contributed by atoms with van der Waals surface area (Å²) in [5, 5.41) is 3.45. The van der Waals surface area contributed by atoms with Crippen LogP contribution >= 0.6 is 0 Å². The molecule has 0 aliphatic heterocycles. The van der Waals surface area contributed by atoms with Gasteiger partial charge >= 0.3 is 0 Å². The first-order chi connectivity index (χ1) is 10.2. The second-order valence-corrected chi connectivity index (χ2v) is 5.92. The van der Waals surface area contributed by atoms with Crippen molar-refractivity contribution in [3.8, 4) is 11.5 Å². The van der Waals surface area contributed by atoms with Gasteiger partial charge in [-0.15, -0.1) is 0 Å². The summed E-state index contributed by atoms with van der Waals surface area (Å²) in [6, 6.07) is 8.59. The molecule has 1 saturated carbocycles. The number of hydrogen-bond donors (Lipinski definition) is 1. The van der Waals surface area contributed by atoms with E-state index >= 15 is 0 Å². The van der Waals surface area contributed by atoms with E-state index in [1.54, 1.807) is 0 Å². The Kier molecular flexibility index (Phi) is 5.51.